The third kappa shape index (κ3) is 3.76. The number of aryl methyl sites for hydroxylation is 1. The second-order valence-electron chi connectivity index (χ2n) is 4.55. The summed E-state index contributed by atoms with van der Waals surface area (Å²) in [5.74, 6) is 0.0698. The Morgan fingerprint density at radius 3 is 2.67 bits per heavy atom. The smallest absolute Gasteiger partial charge is 0.339 e. The Morgan fingerprint density at radius 2 is 2.00 bits per heavy atom. The van der Waals surface area contributed by atoms with Crippen LogP contribution in [-0.2, 0) is 6.61 Å². The lowest BCUT2D eigenvalue weighted by Gasteiger charge is -2.12. The van der Waals surface area contributed by atoms with Crippen LogP contribution in [0.2, 0.25) is 0 Å². The highest BCUT2D eigenvalue weighted by molar-refractivity contribution is 9.10. The molecule has 0 radical (unpaired) electrons. The zero-order valence-corrected chi connectivity index (χ0v) is 13.3. The number of methoxy groups -OCH3 is 1. The molecule has 0 saturated heterocycles. The number of hydrogen-bond acceptors (Lipinski definition) is 3. The van der Waals surface area contributed by atoms with Crippen LogP contribution < -0.4 is 9.47 Å². The molecule has 0 bridgehead atoms. The van der Waals surface area contributed by atoms with Gasteiger partial charge in [-0.2, -0.15) is 0 Å². The van der Waals surface area contributed by atoms with Crippen LogP contribution in [0.25, 0.3) is 0 Å². The lowest BCUT2D eigenvalue weighted by atomic mass is 10.1. The van der Waals surface area contributed by atoms with Crippen molar-refractivity contribution in [1.29, 1.82) is 0 Å². The first-order valence-corrected chi connectivity index (χ1v) is 7.09. The van der Waals surface area contributed by atoms with E-state index in [1.165, 1.54) is 0 Å². The summed E-state index contributed by atoms with van der Waals surface area (Å²) in [6.45, 7) is 2.09. The maximum absolute atomic E-state index is 11.2. The average Bonchev–Trinajstić information content (AvgIpc) is 2.47. The van der Waals surface area contributed by atoms with Crippen molar-refractivity contribution in [3.05, 3.63) is 57.6 Å². The molecule has 0 aromatic heterocycles. The molecule has 4 nitrogen and oxygen atoms in total. The second-order valence-corrected chi connectivity index (χ2v) is 5.41. The Balaban J connectivity index is 2.22. The highest BCUT2D eigenvalue weighted by atomic mass is 79.9. The van der Waals surface area contributed by atoms with Crippen molar-refractivity contribution in [1.82, 2.24) is 0 Å². The maximum Gasteiger partial charge on any atom is 0.339 e. The fraction of sp³-hybridized carbons (Fsp3) is 0.188. The van der Waals surface area contributed by atoms with Gasteiger partial charge in [-0.15, -0.1) is 0 Å². The topological polar surface area (TPSA) is 55.8 Å². The van der Waals surface area contributed by atoms with E-state index in [1.54, 1.807) is 19.2 Å². The van der Waals surface area contributed by atoms with Crippen molar-refractivity contribution in [3.8, 4) is 11.5 Å². The lowest BCUT2D eigenvalue weighted by Crippen LogP contribution is -2.04. The van der Waals surface area contributed by atoms with Crippen LogP contribution in [0.3, 0.4) is 0 Å². The van der Waals surface area contributed by atoms with Crippen LogP contribution >= 0.6 is 15.9 Å². The molecular formula is C16H15BrO4. The third-order valence-electron chi connectivity index (χ3n) is 3.00. The number of halogens is 1. The third-order valence-corrected chi connectivity index (χ3v) is 3.78. The van der Waals surface area contributed by atoms with Gasteiger partial charge >= 0.3 is 5.97 Å². The molecule has 21 heavy (non-hydrogen) atoms. The molecular weight excluding hydrogens is 336 g/mol. The predicted molar refractivity (Wildman–Crippen MR) is 83.2 cm³/mol. The largest absolute Gasteiger partial charge is 0.497 e. The zero-order chi connectivity index (χ0) is 15.4. The molecule has 0 saturated carbocycles. The number of rotatable bonds is 5. The van der Waals surface area contributed by atoms with Crippen LogP contribution in [0.15, 0.2) is 40.9 Å². The number of aromatic carboxylic acids is 1. The van der Waals surface area contributed by atoms with Crippen molar-refractivity contribution >= 4 is 21.9 Å². The van der Waals surface area contributed by atoms with Gasteiger partial charge in [0.2, 0.25) is 0 Å². The number of hydrogen-bond donors (Lipinski definition) is 1. The molecule has 2 rings (SSSR count). The minimum absolute atomic E-state index is 0.161. The summed E-state index contributed by atoms with van der Waals surface area (Å²) >= 11 is 3.44. The van der Waals surface area contributed by atoms with Gasteiger partial charge in [-0.3, -0.25) is 0 Å². The Labute approximate surface area is 131 Å². The minimum atomic E-state index is -1.00. The Kier molecular flexibility index (Phi) is 4.85. The van der Waals surface area contributed by atoms with Gasteiger partial charge in [0, 0.05) is 10.0 Å². The summed E-state index contributed by atoms with van der Waals surface area (Å²) < 4.78 is 11.7. The molecule has 110 valence electrons. The molecule has 0 atom stereocenters. The maximum atomic E-state index is 11.2. The first-order valence-electron chi connectivity index (χ1n) is 6.30. The van der Waals surface area contributed by atoms with E-state index >= 15 is 0 Å². The fourth-order valence-corrected chi connectivity index (χ4v) is 2.24. The van der Waals surface area contributed by atoms with E-state index in [4.69, 9.17) is 9.47 Å². The molecule has 0 aliphatic rings. The van der Waals surface area contributed by atoms with E-state index in [2.05, 4.69) is 15.9 Å². The summed E-state index contributed by atoms with van der Waals surface area (Å²) in [6.07, 6.45) is 0. The molecule has 0 spiro atoms. The average molecular weight is 351 g/mol. The van der Waals surface area contributed by atoms with E-state index in [-0.39, 0.29) is 12.2 Å². The highest BCUT2D eigenvalue weighted by Crippen LogP contribution is 2.26. The fourth-order valence-electron chi connectivity index (χ4n) is 1.88. The molecule has 2 aromatic carbocycles. The van der Waals surface area contributed by atoms with E-state index in [1.807, 2.05) is 31.2 Å². The van der Waals surface area contributed by atoms with Gasteiger partial charge in [0.1, 0.15) is 23.7 Å². The number of carboxylic acids is 1. The Morgan fingerprint density at radius 1 is 1.24 bits per heavy atom. The predicted octanol–water partition coefficient (Wildman–Crippen LogP) is 4.04. The molecule has 2 aromatic rings. The molecule has 5 heteroatoms. The number of carboxylic acid groups (broad SMARTS) is 1. The van der Waals surface area contributed by atoms with E-state index in [0.29, 0.717) is 5.75 Å². The van der Waals surface area contributed by atoms with Crippen LogP contribution in [-0.4, -0.2) is 18.2 Å². The normalized spacial score (nSPS) is 10.2. The summed E-state index contributed by atoms with van der Waals surface area (Å²) in [7, 11) is 1.59. The van der Waals surface area contributed by atoms with Crippen LogP contribution in [0.5, 0.6) is 11.5 Å². The molecule has 0 fully saturated rings. The van der Waals surface area contributed by atoms with Crippen molar-refractivity contribution < 1.29 is 19.4 Å². The van der Waals surface area contributed by atoms with E-state index in [0.717, 1.165) is 21.3 Å². The molecule has 0 amide bonds. The van der Waals surface area contributed by atoms with Gasteiger partial charge in [-0.1, -0.05) is 27.6 Å². The summed E-state index contributed by atoms with van der Waals surface area (Å²) in [5, 5.41) is 9.21. The van der Waals surface area contributed by atoms with E-state index < -0.39 is 5.97 Å². The first-order chi connectivity index (χ1) is 10.0. The highest BCUT2D eigenvalue weighted by Gasteiger charge is 2.12. The lowest BCUT2D eigenvalue weighted by molar-refractivity contribution is 0.0691. The van der Waals surface area contributed by atoms with Gasteiger partial charge in [0.15, 0.2) is 0 Å². The quantitative estimate of drug-likeness (QED) is 0.883. The summed E-state index contributed by atoms with van der Waals surface area (Å²) in [5.41, 5.74) is 1.92. The van der Waals surface area contributed by atoms with Gasteiger partial charge in [-0.25, -0.2) is 4.79 Å². The molecule has 0 aliphatic heterocycles. The number of ether oxygens (including phenoxy) is 2. The summed E-state index contributed by atoms with van der Waals surface area (Å²) in [4.78, 5) is 11.2. The minimum Gasteiger partial charge on any atom is -0.497 e. The zero-order valence-electron chi connectivity index (χ0n) is 11.7. The van der Waals surface area contributed by atoms with Crippen molar-refractivity contribution in [3.63, 3.8) is 0 Å². The van der Waals surface area contributed by atoms with Gasteiger partial charge in [0.25, 0.3) is 0 Å². The second kappa shape index (κ2) is 6.63. The number of benzene rings is 2. The van der Waals surface area contributed by atoms with Crippen LogP contribution in [0.4, 0.5) is 0 Å². The molecule has 0 aliphatic carbocycles. The van der Waals surface area contributed by atoms with Crippen LogP contribution in [0.1, 0.15) is 21.5 Å². The first kappa shape index (κ1) is 15.4. The SMILES string of the molecule is COc1ccc(Br)c(COc2ccc(C)cc2C(=O)O)c1. The van der Waals surface area contributed by atoms with Gasteiger partial charge < -0.3 is 14.6 Å². The van der Waals surface area contributed by atoms with Gasteiger partial charge in [0.05, 0.1) is 7.11 Å². The summed E-state index contributed by atoms with van der Waals surface area (Å²) in [6, 6.07) is 10.6. The van der Waals surface area contributed by atoms with Gasteiger partial charge in [-0.05, 0) is 37.3 Å². The monoisotopic (exact) mass is 350 g/mol. The van der Waals surface area contributed by atoms with Crippen LogP contribution in [0, 0.1) is 6.92 Å². The number of carbonyl (C=O) groups is 1. The van der Waals surface area contributed by atoms with Crippen molar-refractivity contribution in [2.45, 2.75) is 13.5 Å². The van der Waals surface area contributed by atoms with Crippen molar-refractivity contribution in [2.24, 2.45) is 0 Å². The van der Waals surface area contributed by atoms with E-state index in [9.17, 15) is 9.90 Å². The Bertz CT molecular complexity index is 667. The van der Waals surface area contributed by atoms with Crippen molar-refractivity contribution in [2.75, 3.05) is 7.11 Å². The standard InChI is InChI=1S/C16H15BrO4/c1-10-3-6-15(13(7-10)16(18)19)21-9-11-8-12(20-2)4-5-14(11)17/h3-8H,9H2,1-2H3,(H,18,19). The Hall–Kier alpha value is -2.01. The molecule has 0 heterocycles. The molecule has 1 N–H and O–H groups in total. The molecule has 0 unspecified atom stereocenters.